The van der Waals surface area contributed by atoms with E-state index in [1.807, 2.05) is 0 Å². The van der Waals surface area contributed by atoms with Gasteiger partial charge in [-0.05, 0) is 18.6 Å². The van der Waals surface area contributed by atoms with E-state index in [1.165, 1.54) is 11.3 Å². The standard InChI is InChI=1S/C11H17NO5S/c1-7-8(2-9(18-7)10(16)17)3-12-11(4-13,5-14)6-15/h2,12-15H,3-6H2,1H3,(H,16,17). The molecule has 0 fully saturated rings. The number of aromatic carboxylic acids is 1. The second-order valence-corrected chi connectivity index (χ2v) is 5.36. The van der Waals surface area contributed by atoms with Gasteiger partial charge in [-0.3, -0.25) is 0 Å². The van der Waals surface area contributed by atoms with Crippen LogP contribution in [0.4, 0.5) is 0 Å². The van der Waals surface area contributed by atoms with Crippen molar-refractivity contribution in [2.75, 3.05) is 19.8 Å². The highest BCUT2D eigenvalue weighted by molar-refractivity contribution is 7.14. The number of rotatable bonds is 7. The molecule has 0 radical (unpaired) electrons. The molecule has 0 aromatic carbocycles. The lowest BCUT2D eigenvalue weighted by Crippen LogP contribution is -2.54. The van der Waals surface area contributed by atoms with E-state index in [-0.39, 0.29) is 11.4 Å². The summed E-state index contributed by atoms with van der Waals surface area (Å²) in [5.41, 5.74) is -0.380. The minimum atomic E-state index is -1.15. The summed E-state index contributed by atoms with van der Waals surface area (Å²) in [5, 5.41) is 39.1. The summed E-state index contributed by atoms with van der Waals surface area (Å²) >= 11 is 1.17. The lowest BCUT2D eigenvalue weighted by atomic mass is 10.0. The molecule has 0 saturated carbocycles. The monoisotopic (exact) mass is 275 g/mol. The number of nitrogens with one attached hydrogen (secondary N) is 1. The van der Waals surface area contributed by atoms with Crippen molar-refractivity contribution in [3.63, 3.8) is 0 Å². The number of carbonyl (C=O) groups is 1. The van der Waals surface area contributed by atoms with Gasteiger partial charge in [0.1, 0.15) is 4.88 Å². The van der Waals surface area contributed by atoms with Crippen LogP contribution >= 0.6 is 11.3 Å². The first-order valence-corrected chi connectivity index (χ1v) is 6.20. The summed E-state index contributed by atoms with van der Waals surface area (Å²) in [6.07, 6.45) is 0. The fourth-order valence-electron chi connectivity index (χ4n) is 1.40. The van der Waals surface area contributed by atoms with E-state index in [2.05, 4.69) is 5.32 Å². The van der Waals surface area contributed by atoms with Crippen molar-refractivity contribution < 1.29 is 25.2 Å². The Bertz CT molecular complexity index is 405. The van der Waals surface area contributed by atoms with E-state index in [0.717, 1.165) is 10.4 Å². The molecule has 102 valence electrons. The topological polar surface area (TPSA) is 110 Å². The molecule has 1 aromatic heterocycles. The highest BCUT2D eigenvalue weighted by Crippen LogP contribution is 2.22. The number of thiophene rings is 1. The van der Waals surface area contributed by atoms with E-state index >= 15 is 0 Å². The molecule has 5 N–H and O–H groups in total. The zero-order valence-corrected chi connectivity index (χ0v) is 10.8. The highest BCUT2D eigenvalue weighted by Gasteiger charge is 2.27. The summed E-state index contributed by atoms with van der Waals surface area (Å²) in [6.45, 7) is 0.850. The van der Waals surface area contributed by atoms with Gasteiger partial charge in [0.05, 0.1) is 25.4 Å². The Hall–Kier alpha value is -0.990. The van der Waals surface area contributed by atoms with Crippen LogP contribution in [0.5, 0.6) is 0 Å². The number of carboxylic acid groups (broad SMARTS) is 1. The molecule has 0 aliphatic rings. The van der Waals surface area contributed by atoms with Gasteiger partial charge in [0, 0.05) is 11.4 Å². The molecule has 1 heterocycles. The number of aryl methyl sites for hydroxylation is 1. The van der Waals surface area contributed by atoms with Crippen molar-refractivity contribution in [3.05, 3.63) is 21.4 Å². The van der Waals surface area contributed by atoms with Crippen LogP contribution < -0.4 is 5.32 Å². The SMILES string of the molecule is Cc1sc(C(=O)O)cc1CNC(CO)(CO)CO. The number of carboxylic acids is 1. The summed E-state index contributed by atoms with van der Waals surface area (Å²) < 4.78 is 0. The molecule has 0 aliphatic carbocycles. The quantitative estimate of drug-likeness (QED) is 0.461. The predicted octanol–water partition coefficient (Wildman–Crippen LogP) is -0.440. The summed E-state index contributed by atoms with van der Waals surface area (Å²) in [7, 11) is 0. The molecule has 0 bridgehead atoms. The number of hydrogen-bond donors (Lipinski definition) is 5. The third kappa shape index (κ3) is 3.27. The van der Waals surface area contributed by atoms with Crippen LogP contribution in [0.15, 0.2) is 6.07 Å². The van der Waals surface area contributed by atoms with Crippen LogP contribution in [0.1, 0.15) is 20.1 Å². The Morgan fingerprint density at radius 3 is 2.28 bits per heavy atom. The van der Waals surface area contributed by atoms with E-state index in [0.29, 0.717) is 0 Å². The van der Waals surface area contributed by atoms with E-state index in [4.69, 9.17) is 20.4 Å². The average Bonchev–Trinajstić information content (AvgIpc) is 2.74. The number of aliphatic hydroxyl groups excluding tert-OH is 3. The van der Waals surface area contributed by atoms with Crippen molar-refractivity contribution in [3.8, 4) is 0 Å². The van der Waals surface area contributed by atoms with Crippen molar-refractivity contribution in [2.24, 2.45) is 0 Å². The van der Waals surface area contributed by atoms with Crippen molar-refractivity contribution >= 4 is 17.3 Å². The van der Waals surface area contributed by atoms with E-state index in [1.54, 1.807) is 13.0 Å². The minimum Gasteiger partial charge on any atom is -0.477 e. The summed E-state index contributed by atoms with van der Waals surface area (Å²) in [4.78, 5) is 11.9. The van der Waals surface area contributed by atoms with Crippen LogP contribution in [0.25, 0.3) is 0 Å². The van der Waals surface area contributed by atoms with Gasteiger partial charge in [0.2, 0.25) is 0 Å². The Labute approximate surface area is 109 Å². The Morgan fingerprint density at radius 2 is 1.89 bits per heavy atom. The summed E-state index contributed by atoms with van der Waals surface area (Å²) in [6, 6.07) is 1.55. The Kier molecular flexibility index (Phi) is 5.24. The molecule has 0 amide bonds. The van der Waals surface area contributed by atoms with E-state index < -0.39 is 31.3 Å². The molecule has 0 atom stereocenters. The zero-order chi connectivity index (χ0) is 13.8. The van der Waals surface area contributed by atoms with E-state index in [9.17, 15) is 4.79 Å². The lowest BCUT2D eigenvalue weighted by Gasteiger charge is -2.28. The molecule has 0 saturated heterocycles. The lowest BCUT2D eigenvalue weighted by molar-refractivity contribution is 0.0413. The average molecular weight is 275 g/mol. The van der Waals surface area contributed by atoms with Crippen LogP contribution in [0, 0.1) is 6.92 Å². The zero-order valence-electron chi connectivity index (χ0n) is 10.0. The predicted molar refractivity (Wildman–Crippen MR) is 66.8 cm³/mol. The van der Waals surface area contributed by atoms with Gasteiger partial charge in [-0.25, -0.2) is 4.79 Å². The minimum absolute atomic E-state index is 0.242. The van der Waals surface area contributed by atoms with Gasteiger partial charge in [0.15, 0.2) is 0 Å². The normalized spacial score (nSPS) is 11.8. The molecule has 18 heavy (non-hydrogen) atoms. The fourth-order valence-corrected chi connectivity index (χ4v) is 2.28. The van der Waals surface area contributed by atoms with Crippen LogP contribution in [-0.2, 0) is 6.54 Å². The largest absolute Gasteiger partial charge is 0.477 e. The number of aliphatic hydroxyl groups is 3. The van der Waals surface area contributed by atoms with Crippen molar-refractivity contribution in [2.45, 2.75) is 19.0 Å². The summed E-state index contributed by atoms with van der Waals surface area (Å²) in [5.74, 6) is -0.980. The molecular formula is C11H17NO5S. The maximum atomic E-state index is 10.8. The highest BCUT2D eigenvalue weighted by atomic mass is 32.1. The van der Waals surface area contributed by atoms with Gasteiger partial charge in [-0.1, -0.05) is 0 Å². The molecular weight excluding hydrogens is 258 g/mol. The maximum Gasteiger partial charge on any atom is 0.345 e. The maximum absolute atomic E-state index is 10.8. The van der Waals surface area contributed by atoms with Gasteiger partial charge < -0.3 is 25.7 Å². The smallest absolute Gasteiger partial charge is 0.345 e. The molecule has 0 spiro atoms. The molecule has 0 aliphatic heterocycles. The molecule has 0 unspecified atom stereocenters. The third-order valence-electron chi connectivity index (χ3n) is 2.79. The van der Waals surface area contributed by atoms with Gasteiger partial charge >= 0.3 is 5.97 Å². The first-order valence-electron chi connectivity index (χ1n) is 5.38. The van der Waals surface area contributed by atoms with Crippen molar-refractivity contribution in [1.82, 2.24) is 5.32 Å². The molecule has 1 aromatic rings. The number of hydrogen-bond acceptors (Lipinski definition) is 6. The van der Waals surface area contributed by atoms with Crippen LogP contribution in [0.2, 0.25) is 0 Å². The molecule has 6 nitrogen and oxygen atoms in total. The fraction of sp³-hybridized carbons (Fsp3) is 0.545. The van der Waals surface area contributed by atoms with Gasteiger partial charge in [-0.15, -0.1) is 11.3 Å². The van der Waals surface area contributed by atoms with Crippen LogP contribution in [0.3, 0.4) is 0 Å². The van der Waals surface area contributed by atoms with Gasteiger partial charge in [0.25, 0.3) is 0 Å². The Balaban J connectivity index is 2.76. The molecule has 7 heteroatoms. The third-order valence-corrected chi connectivity index (χ3v) is 3.87. The van der Waals surface area contributed by atoms with Crippen LogP contribution in [-0.4, -0.2) is 51.8 Å². The van der Waals surface area contributed by atoms with Crippen molar-refractivity contribution in [1.29, 1.82) is 0 Å². The second-order valence-electron chi connectivity index (χ2n) is 4.11. The molecule has 1 rings (SSSR count). The second kappa shape index (κ2) is 6.26. The van der Waals surface area contributed by atoms with Gasteiger partial charge in [-0.2, -0.15) is 0 Å². The Morgan fingerprint density at radius 1 is 1.33 bits per heavy atom. The first kappa shape index (κ1) is 15.1. The first-order chi connectivity index (χ1) is 8.48.